The molecule has 1 heterocycles. The van der Waals surface area contributed by atoms with Gasteiger partial charge in [0.2, 0.25) is 6.79 Å². The lowest BCUT2D eigenvalue weighted by Gasteiger charge is -2.28. The molecule has 2 rings (SSSR count). The molecule has 0 atom stereocenters. The van der Waals surface area contributed by atoms with Crippen molar-refractivity contribution in [2.75, 3.05) is 33.2 Å². The van der Waals surface area contributed by atoms with E-state index in [0.29, 0.717) is 43.5 Å². The Hall–Kier alpha value is -1.72. The van der Waals surface area contributed by atoms with E-state index in [2.05, 4.69) is 0 Å². The van der Waals surface area contributed by atoms with Gasteiger partial charge in [0.25, 0.3) is 5.69 Å². The summed E-state index contributed by atoms with van der Waals surface area (Å²) in [7, 11) is -2.49. The summed E-state index contributed by atoms with van der Waals surface area (Å²) in [4.78, 5) is 10.9. The van der Waals surface area contributed by atoms with E-state index in [1.807, 2.05) is 20.8 Å². The van der Waals surface area contributed by atoms with Gasteiger partial charge >= 0.3 is 8.80 Å². The standard InChI is InChI=1S/C24H41NO8Si/c1-4-31-34(32-5-2,33-6-3)16-14-12-10-8-7-9-11-13-15-28-19-21-17-23-24(30-20-29-23)18-22(21)25(26)27/h17-18H,4-16,19-20H2,1-3H3. The highest BCUT2D eigenvalue weighted by atomic mass is 28.4. The Morgan fingerprint density at radius 2 is 1.38 bits per heavy atom. The molecule has 0 aromatic heterocycles. The van der Waals surface area contributed by atoms with Crippen LogP contribution in [0.2, 0.25) is 6.04 Å². The van der Waals surface area contributed by atoms with E-state index in [4.69, 9.17) is 27.5 Å². The van der Waals surface area contributed by atoms with Crippen molar-refractivity contribution < 1.29 is 32.4 Å². The van der Waals surface area contributed by atoms with Gasteiger partial charge in [0.05, 0.1) is 23.2 Å². The average Bonchev–Trinajstić information content (AvgIpc) is 3.27. The van der Waals surface area contributed by atoms with Crippen LogP contribution in [0.1, 0.15) is 77.7 Å². The van der Waals surface area contributed by atoms with Gasteiger partial charge in [-0.05, 0) is 39.7 Å². The van der Waals surface area contributed by atoms with Crippen molar-refractivity contribution in [1.82, 2.24) is 0 Å². The van der Waals surface area contributed by atoms with Crippen LogP contribution in [0.15, 0.2) is 12.1 Å². The molecule has 0 fully saturated rings. The molecule has 1 aliphatic heterocycles. The van der Waals surface area contributed by atoms with Crippen LogP contribution >= 0.6 is 0 Å². The monoisotopic (exact) mass is 499 g/mol. The molecule has 34 heavy (non-hydrogen) atoms. The maximum Gasteiger partial charge on any atom is 0.500 e. The summed E-state index contributed by atoms with van der Waals surface area (Å²) < 4.78 is 33.9. The second-order valence-electron chi connectivity index (χ2n) is 8.20. The summed E-state index contributed by atoms with van der Waals surface area (Å²) in [5.41, 5.74) is 0.521. The molecule has 0 unspecified atom stereocenters. The van der Waals surface area contributed by atoms with Crippen molar-refractivity contribution in [2.24, 2.45) is 0 Å². The van der Waals surface area contributed by atoms with Crippen molar-refractivity contribution in [2.45, 2.75) is 84.8 Å². The lowest BCUT2D eigenvalue weighted by Crippen LogP contribution is -2.45. The minimum Gasteiger partial charge on any atom is -0.454 e. The summed E-state index contributed by atoms with van der Waals surface area (Å²) in [6.07, 6.45) is 9.09. The number of ether oxygens (including phenoxy) is 3. The van der Waals surface area contributed by atoms with E-state index in [9.17, 15) is 10.1 Å². The summed E-state index contributed by atoms with van der Waals surface area (Å²) in [6, 6.07) is 3.94. The first-order chi connectivity index (χ1) is 16.5. The zero-order chi connectivity index (χ0) is 24.7. The van der Waals surface area contributed by atoms with E-state index >= 15 is 0 Å². The van der Waals surface area contributed by atoms with Crippen LogP contribution < -0.4 is 9.47 Å². The largest absolute Gasteiger partial charge is 0.500 e. The molecule has 0 bridgehead atoms. The fraction of sp³-hybridized carbons (Fsp3) is 0.750. The van der Waals surface area contributed by atoms with Crippen LogP contribution in [0.3, 0.4) is 0 Å². The average molecular weight is 500 g/mol. The number of hydrogen-bond acceptors (Lipinski definition) is 8. The van der Waals surface area contributed by atoms with Gasteiger partial charge in [-0.25, -0.2) is 0 Å². The van der Waals surface area contributed by atoms with Crippen molar-refractivity contribution in [1.29, 1.82) is 0 Å². The molecule has 0 N–H and O–H groups in total. The Morgan fingerprint density at radius 3 is 1.94 bits per heavy atom. The fourth-order valence-electron chi connectivity index (χ4n) is 4.05. The molecule has 0 amide bonds. The fourth-order valence-corrected chi connectivity index (χ4v) is 6.73. The maximum atomic E-state index is 11.3. The number of nitro groups is 1. The second-order valence-corrected chi connectivity index (χ2v) is 10.9. The van der Waals surface area contributed by atoms with Crippen LogP contribution in [-0.4, -0.2) is 46.9 Å². The number of nitro benzene ring substituents is 1. The Kier molecular flexibility index (Phi) is 13.5. The van der Waals surface area contributed by atoms with Crippen LogP contribution in [0.25, 0.3) is 0 Å². The molecule has 9 nitrogen and oxygen atoms in total. The Bertz CT molecular complexity index is 716. The molecule has 1 aromatic rings. The van der Waals surface area contributed by atoms with E-state index in [1.54, 1.807) is 6.07 Å². The molecule has 0 saturated carbocycles. The molecular weight excluding hydrogens is 458 g/mol. The minimum absolute atomic E-state index is 0.00734. The van der Waals surface area contributed by atoms with Crippen molar-refractivity contribution >= 4 is 14.5 Å². The number of benzene rings is 1. The smallest absolute Gasteiger partial charge is 0.454 e. The normalized spacial score (nSPS) is 12.9. The van der Waals surface area contributed by atoms with E-state index < -0.39 is 13.7 Å². The molecule has 0 aliphatic carbocycles. The molecule has 0 spiro atoms. The second kappa shape index (κ2) is 16.0. The highest BCUT2D eigenvalue weighted by molar-refractivity contribution is 6.60. The zero-order valence-corrected chi connectivity index (χ0v) is 22.0. The van der Waals surface area contributed by atoms with E-state index in [0.717, 1.165) is 25.3 Å². The van der Waals surface area contributed by atoms with Gasteiger partial charge in [0.15, 0.2) is 11.5 Å². The molecule has 10 heteroatoms. The quantitative estimate of drug-likeness (QED) is 0.0931. The van der Waals surface area contributed by atoms with Crippen molar-refractivity contribution in [3.05, 3.63) is 27.8 Å². The third kappa shape index (κ3) is 9.50. The van der Waals surface area contributed by atoms with Crippen LogP contribution in [-0.2, 0) is 24.6 Å². The van der Waals surface area contributed by atoms with Gasteiger partial charge in [0, 0.05) is 32.5 Å². The SMILES string of the molecule is CCO[Si](CCCCCCCCCCOCc1cc2c(cc1[N+](=O)[O-])OCO2)(OCC)OCC. The van der Waals surface area contributed by atoms with Gasteiger partial charge in [-0.1, -0.05) is 38.5 Å². The number of nitrogens with zero attached hydrogens (tertiary/aromatic N) is 1. The van der Waals surface area contributed by atoms with Crippen LogP contribution in [0, 0.1) is 10.1 Å². The molecular formula is C24H41NO8Si. The number of unbranched alkanes of at least 4 members (excludes halogenated alkanes) is 7. The predicted molar refractivity (Wildman–Crippen MR) is 131 cm³/mol. The zero-order valence-electron chi connectivity index (χ0n) is 21.0. The maximum absolute atomic E-state index is 11.3. The number of rotatable bonds is 20. The van der Waals surface area contributed by atoms with Crippen LogP contribution in [0.4, 0.5) is 5.69 Å². The van der Waals surface area contributed by atoms with Crippen molar-refractivity contribution in [3.8, 4) is 11.5 Å². The summed E-state index contributed by atoms with van der Waals surface area (Å²) >= 11 is 0. The third-order valence-electron chi connectivity index (χ3n) is 5.64. The summed E-state index contributed by atoms with van der Waals surface area (Å²) in [5.74, 6) is 0.945. The van der Waals surface area contributed by atoms with Gasteiger partial charge in [-0.15, -0.1) is 0 Å². The Balaban J connectivity index is 1.52. The van der Waals surface area contributed by atoms with Crippen LogP contribution in [0.5, 0.6) is 11.5 Å². The summed E-state index contributed by atoms with van der Waals surface area (Å²) in [6.45, 7) is 8.74. The minimum atomic E-state index is -2.49. The van der Waals surface area contributed by atoms with Crippen molar-refractivity contribution in [3.63, 3.8) is 0 Å². The number of hydrogen-bond donors (Lipinski definition) is 0. The third-order valence-corrected chi connectivity index (χ3v) is 8.79. The first-order valence-corrected chi connectivity index (χ1v) is 14.5. The van der Waals surface area contributed by atoms with Gasteiger partial charge in [-0.2, -0.15) is 0 Å². The molecule has 1 aliphatic rings. The number of fused-ring (bicyclic) bond motifs is 1. The predicted octanol–water partition coefficient (Wildman–Crippen LogP) is 6.01. The van der Waals surface area contributed by atoms with E-state index in [-0.39, 0.29) is 19.1 Å². The lowest BCUT2D eigenvalue weighted by molar-refractivity contribution is -0.386. The Morgan fingerprint density at radius 1 is 0.853 bits per heavy atom. The van der Waals surface area contributed by atoms with E-state index in [1.165, 1.54) is 38.2 Å². The van der Waals surface area contributed by atoms with Gasteiger partial charge in [0.1, 0.15) is 0 Å². The molecule has 194 valence electrons. The molecule has 1 aromatic carbocycles. The topological polar surface area (TPSA) is 98.5 Å². The first kappa shape index (κ1) is 28.5. The first-order valence-electron chi connectivity index (χ1n) is 12.6. The molecule has 0 radical (unpaired) electrons. The lowest BCUT2D eigenvalue weighted by atomic mass is 10.1. The molecule has 0 saturated heterocycles. The Labute approximate surface area is 204 Å². The van der Waals surface area contributed by atoms with Gasteiger partial charge in [-0.3, -0.25) is 10.1 Å². The highest BCUT2D eigenvalue weighted by Gasteiger charge is 2.39. The highest BCUT2D eigenvalue weighted by Crippen LogP contribution is 2.38. The van der Waals surface area contributed by atoms with Gasteiger partial charge < -0.3 is 27.5 Å². The summed E-state index contributed by atoms with van der Waals surface area (Å²) in [5, 5.41) is 11.3.